The van der Waals surface area contributed by atoms with Gasteiger partial charge in [0.1, 0.15) is 0 Å². The zero-order valence-electron chi connectivity index (χ0n) is 19.2. The predicted octanol–water partition coefficient (Wildman–Crippen LogP) is 6.99. The second-order valence-corrected chi connectivity index (χ2v) is 8.87. The number of benzene rings is 2. The van der Waals surface area contributed by atoms with Gasteiger partial charge < -0.3 is 9.30 Å². The minimum absolute atomic E-state index is 0.0986. The van der Waals surface area contributed by atoms with Crippen LogP contribution in [0.4, 0.5) is 26.3 Å². The summed E-state index contributed by atoms with van der Waals surface area (Å²) < 4.78 is 86.4. The van der Waals surface area contributed by atoms with Crippen LogP contribution in [0.5, 0.6) is 0 Å². The number of esters is 1. The summed E-state index contributed by atoms with van der Waals surface area (Å²) in [5.74, 6) is -0.745. The Balaban J connectivity index is 1.72. The molecule has 37 heavy (non-hydrogen) atoms. The van der Waals surface area contributed by atoms with E-state index in [4.69, 9.17) is 4.74 Å². The molecule has 2 heterocycles. The van der Waals surface area contributed by atoms with Crippen LogP contribution < -0.4 is 0 Å². The fraction of sp³-hybridized carbons (Fsp3) is 0.240. The van der Waals surface area contributed by atoms with E-state index in [9.17, 15) is 31.1 Å². The molecule has 0 saturated carbocycles. The third-order valence-corrected chi connectivity index (χ3v) is 6.33. The van der Waals surface area contributed by atoms with Crippen molar-refractivity contribution in [2.45, 2.75) is 36.7 Å². The summed E-state index contributed by atoms with van der Waals surface area (Å²) in [5, 5.41) is 0.340. The number of carbonyl (C=O) groups excluding carboxylic acids is 1. The number of ether oxygens (including phenoxy) is 1. The molecule has 0 fully saturated rings. The third-order valence-electron chi connectivity index (χ3n) is 5.29. The molecule has 12 heteroatoms. The average molecular weight is 540 g/mol. The van der Waals surface area contributed by atoms with Crippen molar-refractivity contribution >= 4 is 28.8 Å². The number of imidazole rings is 1. The quantitative estimate of drug-likeness (QED) is 0.144. The van der Waals surface area contributed by atoms with E-state index >= 15 is 0 Å². The first-order valence-electron chi connectivity index (χ1n) is 10.9. The molecule has 5 nitrogen and oxygen atoms in total. The Hall–Kier alpha value is -3.54. The SMILES string of the molecule is CCOC(=O)c1ccc2c(c1)nc(SCc1cc(C(F)(F)F)cc(C(F)(F)F)c1)n2Cc1ccccn1. The second kappa shape index (κ2) is 10.4. The van der Waals surface area contributed by atoms with Crippen LogP contribution in [-0.2, 0) is 29.4 Å². The Labute approximate surface area is 211 Å². The first-order chi connectivity index (χ1) is 17.5. The molecule has 4 rings (SSSR count). The molecular weight excluding hydrogens is 520 g/mol. The number of halogens is 6. The molecule has 0 aliphatic rings. The molecule has 194 valence electrons. The summed E-state index contributed by atoms with van der Waals surface area (Å²) in [6, 6.07) is 11.5. The lowest BCUT2D eigenvalue weighted by molar-refractivity contribution is -0.143. The smallest absolute Gasteiger partial charge is 0.416 e. The molecule has 2 aromatic heterocycles. The van der Waals surface area contributed by atoms with Crippen LogP contribution in [0.1, 0.15) is 39.7 Å². The molecule has 0 spiro atoms. The molecular formula is C25H19F6N3O2S. The highest BCUT2D eigenvalue weighted by atomic mass is 32.2. The van der Waals surface area contributed by atoms with Crippen molar-refractivity contribution in [3.05, 3.63) is 88.7 Å². The minimum atomic E-state index is -4.93. The molecule has 2 aromatic carbocycles. The van der Waals surface area contributed by atoms with Crippen molar-refractivity contribution in [2.75, 3.05) is 6.61 Å². The summed E-state index contributed by atoms with van der Waals surface area (Å²) in [6.07, 6.45) is -8.27. The van der Waals surface area contributed by atoms with Crippen molar-refractivity contribution in [3.8, 4) is 0 Å². The average Bonchev–Trinajstić information content (AvgIpc) is 3.18. The third kappa shape index (κ3) is 6.24. The fourth-order valence-electron chi connectivity index (χ4n) is 3.62. The van der Waals surface area contributed by atoms with E-state index in [2.05, 4.69) is 9.97 Å². The van der Waals surface area contributed by atoms with E-state index in [1.165, 1.54) is 6.07 Å². The van der Waals surface area contributed by atoms with Crippen LogP contribution >= 0.6 is 11.8 Å². The number of aromatic nitrogens is 3. The lowest BCUT2D eigenvalue weighted by Crippen LogP contribution is -2.11. The predicted molar refractivity (Wildman–Crippen MR) is 125 cm³/mol. The molecule has 4 aromatic rings. The van der Waals surface area contributed by atoms with Crippen molar-refractivity contribution in [3.63, 3.8) is 0 Å². The maximum Gasteiger partial charge on any atom is 0.416 e. The van der Waals surface area contributed by atoms with Crippen LogP contribution in [0.25, 0.3) is 11.0 Å². The van der Waals surface area contributed by atoms with Gasteiger partial charge in [0.15, 0.2) is 5.16 Å². The van der Waals surface area contributed by atoms with Gasteiger partial charge in [-0.15, -0.1) is 0 Å². The van der Waals surface area contributed by atoms with E-state index in [1.807, 2.05) is 0 Å². The number of pyridine rings is 1. The highest BCUT2D eigenvalue weighted by molar-refractivity contribution is 7.98. The number of fused-ring (bicyclic) bond motifs is 1. The Morgan fingerprint density at radius 3 is 2.27 bits per heavy atom. The Morgan fingerprint density at radius 2 is 1.68 bits per heavy atom. The molecule has 0 bridgehead atoms. The Bertz CT molecular complexity index is 1390. The van der Waals surface area contributed by atoms with Gasteiger partial charge in [0, 0.05) is 11.9 Å². The van der Waals surface area contributed by atoms with Crippen LogP contribution in [0.2, 0.25) is 0 Å². The molecule has 0 N–H and O–H groups in total. The number of hydrogen-bond acceptors (Lipinski definition) is 5. The maximum atomic E-state index is 13.3. The van der Waals surface area contributed by atoms with E-state index in [1.54, 1.807) is 48.0 Å². The molecule has 0 radical (unpaired) electrons. The Kier molecular flexibility index (Phi) is 7.49. The van der Waals surface area contributed by atoms with Gasteiger partial charge in [0.2, 0.25) is 0 Å². The topological polar surface area (TPSA) is 57.0 Å². The van der Waals surface area contributed by atoms with Crippen molar-refractivity contribution in [2.24, 2.45) is 0 Å². The normalized spacial score (nSPS) is 12.2. The van der Waals surface area contributed by atoms with Gasteiger partial charge in [-0.2, -0.15) is 26.3 Å². The summed E-state index contributed by atoms with van der Waals surface area (Å²) in [4.78, 5) is 21.0. The molecule has 0 aliphatic carbocycles. The first kappa shape index (κ1) is 26.5. The number of alkyl halides is 6. The monoisotopic (exact) mass is 539 g/mol. The molecule has 0 atom stereocenters. The standard InChI is InChI=1S/C25H19F6N3O2S/c1-2-36-22(35)16-6-7-21-20(11-16)33-23(34(21)13-19-5-3-4-8-32-19)37-14-15-9-17(24(26,27)28)12-18(10-15)25(29,30)31/h3-12H,2,13-14H2,1H3. The number of thioether (sulfide) groups is 1. The van der Waals surface area contributed by atoms with Gasteiger partial charge >= 0.3 is 18.3 Å². The van der Waals surface area contributed by atoms with Crippen molar-refractivity contribution in [1.82, 2.24) is 14.5 Å². The lowest BCUT2D eigenvalue weighted by atomic mass is 10.1. The van der Waals surface area contributed by atoms with Crippen molar-refractivity contribution < 1.29 is 35.9 Å². The van der Waals surface area contributed by atoms with Gasteiger partial charge in [-0.1, -0.05) is 17.8 Å². The van der Waals surface area contributed by atoms with Gasteiger partial charge in [-0.05, 0) is 61.0 Å². The van der Waals surface area contributed by atoms with Crippen LogP contribution in [-0.4, -0.2) is 27.1 Å². The van der Waals surface area contributed by atoms with Crippen LogP contribution in [0.15, 0.2) is 66.0 Å². The lowest BCUT2D eigenvalue weighted by Gasteiger charge is -2.14. The molecule has 0 unspecified atom stereocenters. The fourth-order valence-corrected chi connectivity index (χ4v) is 4.56. The zero-order valence-corrected chi connectivity index (χ0v) is 20.0. The van der Waals surface area contributed by atoms with E-state index in [0.717, 1.165) is 11.8 Å². The van der Waals surface area contributed by atoms with E-state index < -0.39 is 29.4 Å². The van der Waals surface area contributed by atoms with Gasteiger partial charge in [-0.25, -0.2) is 9.78 Å². The minimum Gasteiger partial charge on any atom is -0.462 e. The number of rotatable bonds is 7. The number of carbonyl (C=O) groups is 1. The number of nitrogens with zero attached hydrogens (tertiary/aromatic N) is 3. The zero-order chi connectivity index (χ0) is 26.8. The van der Waals surface area contributed by atoms with Gasteiger partial charge in [0.25, 0.3) is 0 Å². The van der Waals surface area contributed by atoms with Gasteiger partial charge in [-0.3, -0.25) is 4.98 Å². The largest absolute Gasteiger partial charge is 0.462 e. The van der Waals surface area contributed by atoms with E-state index in [-0.39, 0.29) is 36.1 Å². The van der Waals surface area contributed by atoms with E-state index in [0.29, 0.717) is 34.0 Å². The second-order valence-electron chi connectivity index (χ2n) is 7.93. The summed E-state index contributed by atoms with van der Waals surface area (Å²) in [5.41, 5.74) is -0.948. The Morgan fingerprint density at radius 1 is 0.973 bits per heavy atom. The van der Waals surface area contributed by atoms with Gasteiger partial charge in [0.05, 0.1) is 46.6 Å². The molecule has 0 aliphatic heterocycles. The summed E-state index contributed by atoms with van der Waals surface area (Å²) in [6.45, 7) is 2.10. The van der Waals surface area contributed by atoms with Crippen LogP contribution in [0.3, 0.4) is 0 Å². The summed E-state index contributed by atoms with van der Waals surface area (Å²) in [7, 11) is 0. The maximum absolute atomic E-state index is 13.3. The van der Waals surface area contributed by atoms with Crippen molar-refractivity contribution in [1.29, 1.82) is 0 Å². The molecule has 0 saturated heterocycles. The summed E-state index contributed by atoms with van der Waals surface area (Å²) >= 11 is 0.982. The number of hydrogen-bond donors (Lipinski definition) is 0. The highest BCUT2D eigenvalue weighted by Gasteiger charge is 2.36. The molecule has 0 amide bonds. The van der Waals surface area contributed by atoms with Crippen LogP contribution in [0, 0.1) is 0 Å². The first-order valence-corrected chi connectivity index (χ1v) is 11.9. The highest BCUT2D eigenvalue weighted by Crippen LogP contribution is 2.38.